The van der Waals surface area contributed by atoms with Crippen molar-refractivity contribution >= 4 is 40.1 Å². The molecule has 2 N–H and O–H groups in total. The Balaban J connectivity index is 1.59. The van der Waals surface area contributed by atoms with E-state index in [0.29, 0.717) is 11.4 Å². The quantitative estimate of drug-likeness (QED) is 0.304. The maximum absolute atomic E-state index is 13.2. The number of hydrogen-bond acceptors (Lipinski definition) is 5. The van der Waals surface area contributed by atoms with Gasteiger partial charge in [-0.25, -0.2) is 0 Å². The monoisotopic (exact) mass is 460 g/mol. The summed E-state index contributed by atoms with van der Waals surface area (Å²) >= 11 is 1.45. The van der Waals surface area contributed by atoms with Gasteiger partial charge in [0, 0.05) is 17.1 Å². The molecule has 4 aromatic rings. The fraction of sp³-hybridized carbons (Fsp3) is 0.231. The standard InChI is InChI=1S/C26H28N4O2S/c1-16(2)30-21-12-7-6-11-20(21)25(28-30)26(31)27-19-13-14-22(32-5)23(15-19)33-29-24-17(3)9-8-10-18(24)4/h6-16,29H,1-5H3,(H,27,31). The Morgan fingerprint density at radius 1 is 1.03 bits per heavy atom. The zero-order valence-electron chi connectivity index (χ0n) is 19.5. The number of aryl methyl sites for hydroxylation is 2. The fourth-order valence-electron chi connectivity index (χ4n) is 3.76. The van der Waals surface area contributed by atoms with Crippen molar-refractivity contribution < 1.29 is 9.53 Å². The molecule has 6 nitrogen and oxygen atoms in total. The second-order valence-electron chi connectivity index (χ2n) is 8.19. The van der Waals surface area contributed by atoms with Gasteiger partial charge in [-0.15, -0.1) is 0 Å². The normalized spacial score (nSPS) is 11.1. The van der Waals surface area contributed by atoms with Gasteiger partial charge in [0.15, 0.2) is 5.69 Å². The molecule has 1 aromatic heterocycles. The second kappa shape index (κ2) is 9.58. The average molecular weight is 461 g/mol. The number of hydrogen-bond donors (Lipinski definition) is 2. The van der Waals surface area contributed by atoms with Gasteiger partial charge < -0.3 is 14.8 Å². The predicted molar refractivity (Wildman–Crippen MR) is 136 cm³/mol. The van der Waals surface area contributed by atoms with Gasteiger partial charge in [0.1, 0.15) is 5.75 Å². The number of anilines is 2. The van der Waals surface area contributed by atoms with E-state index in [-0.39, 0.29) is 11.9 Å². The molecule has 0 atom stereocenters. The summed E-state index contributed by atoms with van der Waals surface area (Å²) in [6.07, 6.45) is 0. The van der Waals surface area contributed by atoms with Crippen molar-refractivity contribution in [1.29, 1.82) is 0 Å². The van der Waals surface area contributed by atoms with Crippen LogP contribution in [0.15, 0.2) is 65.6 Å². The summed E-state index contributed by atoms with van der Waals surface area (Å²) < 4.78 is 10.9. The van der Waals surface area contributed by atoms with Crippen LogP contribution in [-0.2, 0) is 0 Å². The van der Waals surface area contributed by atoms with Crippen molar-refractivity contribution in [2.24, 2.45) is 0 Å². The van der Waals surface area contributed by atoms with Crippen molar-refractivity contribution in [3.8, 4) is 5.75 Å². The molecule has 1 amide bonds. The molecule has 0 radical (unpaired) electrons. The zero-order valence-corrected chi connectivity index (χ0v) is 20.3. The average Bonchev–Trinajstić information content (AvgIpc) is 3.19. The first-order chi connectivity index (χ1) is 15.9. The van der Waals surface area contributed by atoms with E-state index in [9.17, 15) is 4.79 Å². The van der Waals surface area contributed by atoms with Crippen LogP contribution in [0.3, 0.4) is 0 Å². The number of nitrogens with one attached hydrogen (secondary N) is 2. The fourth-order valence-corrected chi connectivity index (χ4v) is 4.73. The van der Waals surface area contributed by atoms with Crippen molar-refractivity contribution in [2.45, 2.75) is 38.6 Å². The number of carbonyl (C=O) groups is 1. The molecule has 0 fully saturated rings. The van der Waals surface area contributed by atoms with Crippen LogP contribution < -0.4 is 14.8 Å². The minimum atomic E-state index is -0.241. The third-order valence-electron chi connectivity index (χ3n) is 5.48. The molecule has 1 heterocycles. The van der Waals surface area contributed by atoms with Crippen molar-refractivity contribution in [3.63, 3.8) is 0 Å². The SMILES string of the molecule is COc1ccc(NC(=O)c2nn(C(C)C)c3ccccc23)cc1SNc1c(C)cccc1C. The highest BCUT2D eigenvalue weighted by Gasteiger charge is 2.19. The summed E-state index contributed by atoms with van der Waals surface area (Å²) in [5, 5.41) is 8.44. The van der Waals surface area contributed by atoms with Crippen LogP contribution >= 0.6 is 11.9 Å². The number of rotatable bonds is 7. The number of aromatic nitrogens is 2. The first-order valence-electron chi connectivity index (χ1n) is 10.8. The van der Waals surface area contributed by atoms with Crippen LogP contribution in [0.25, 0.3) is 10.9 Å². The highest BCUT2D eigenvalue weighted by molar-refractivity contribution is 8.00. The molecule has 170 valence electrons. The second-order valence-corrected chi connectivity index (χ2v) is 9.04. The van der Waals surface area contributed by atoms with Crippen molar-refractivity contribution in [1.82, 2.24) is 9.78 Å². The van der Waals surface area contributed by atoms with Gasteiger partial charge in [0.05, 0.1) is 23.2 Å². The molecular formula is C26H28N4O2S. The molecule has 0 bridgehead atoms. The van der Waals surface area contributed by atoms with Crippen LogP contribution in [-0.4, -0.2) is 22.8 Å². The molecule has 0 unspecified atom stereocenters. The maximum atomic E-state index is 13.2. The third-order valence-corrected chi connectivity index (χ3v) is 6.33. The van der Waals surface area contributed by atoms with Gasteiger partial charge in [-0.05, 0) is 75.0 Å². The van der Waals surface area contributed by atoms with Gasteiger partial charge in [0.2, 0.25) is 0 Å². The number of carbonyl (C=O) groups excluding carboxylic acids is 1. The Morgan fingerprint density at radius 2 is 1.76 bits per heavy atom. The van der Waals surface area contributed by atoms with E-state index in [1.165, 1.54) is 23.1 Å². The van der Waals surface area contributed by atoms with Crippen LogP contribution in [0.5, 0.6) is 5.75 Å². The van der Waals surface area contributed by atoms with E-state index in [4.69, 9.17) is 4.74 Å². The van der Waals surface area contributed by atoms with Crippen LogP contribution in [0, 0.1) is 13.8 Å². The molecule has 0 saturated heterocycles. The Hall–Kier alpha value is -3.45. The number of benzene rings is 3. The summed E-state index contributed by atoms with van der Waals surface area (Å²) in [4.78, 5) is 14.0. The maximum Gasteiger partial charge on any atom is 0.276 e. The minimum absolute atomic E-state index is 0.149. The first-order valence-corrected chi connectivity index (χ1v) is 11.7. The minimum Gasteiger partial charge on any atom is -0.496 e. The van der Waals surface area contributed by atoms with Crippen molar-refractivity contribution in [3.05, 3.63) is 77.5 Å². The molecule has 0 saturated carbocycles. The molecule has 7 heteroatoms. The van der Waals surface area contributed by atoms with E-state index < -0.39 is 0 Å². The molecule has 4 rings (SSSR count). The van der Waals surface area contributed by atoms with E-state index >= 15 is 0 Å². The molecule has 3 aromatic carbocycles. The molecule has 0 aliphatic carbocycles. The lowest BCUT2D eigenvalue weighted by Crippen LogP contribution is -2.14. The number of fused-ring (bicyclic) bond motifs is 1. The molecule has 0 aliphatic rings. The number of amides is 1. The van der Waals surface area contributed by atoms with Crippen LogP contribution in [0.1, 0.15) is 41.5 Å². The van der Waals surface area contributed by atoms with E-state index in [2.05, 4.69) is 55.0 Å². The summed E-state index contributed by atoms with van der Waals surface area (Å²) in [6, 6.07) is 19.7. The summed E-state index contributed by atoms with van der Waals surface area (Å²) in [6.45, 7) is 8.25. The highest BCUT2D eigenvalue weighted by Crippen LogP contribution is 2.34. The Labute approximate surface area is 198 Å². The van der Waals surface area contributed by atoms with Gasteiger partial charge in [-0.2, -0.15) is 5.10 Å². The largest absolute Gasteiger partial charge is 0.496 e. The van der Waals surface area contributed by atoms with Gasteiger partial charge >= 0.3 is 0 Å². The van der Waals surface area contributed by atoms with E-state index in [1.807, 2.05) is 53.2 Å². The van der Waals surface area contributed by atoms with Gasteiger partial charge in [-0.3, -0.25) is 9.48 Å². The Kier molecular flexibility index (Phi) is 6.60. The summed E-state index contributed by atoms with van der Waals surface area (Å²) in [5.74, 6) is 0.487. The first kappa shape index (κ1) is 22.7. The molecule has 0 aliphatic heterocycles. The lowest BCUT2D eigenvalue weighted by Gasteiger charge is -2.14. The third kappa shape index (κ3) is 4.68. The molecule has 33 heavy (non-hydrogen) atoms. The number of nitrogens with zero attached hydrogens (tertiary/aromatic N) is 2. The lowest BCUT2D eigenvalue weighted by molar-refractivity contribution is 0.102. The van der Waals surface area contributed by atoms with Gasteiger partial charge in [0.25, 0.3) is 5.91 Å². The zero-order chi connectivity index (χ0) is 23.5. The number of para-hydroxylation sites is 2. The summed E-state index contributed by atoms with van der Waals surface area (Å²) in [7, 11) is 1.64. The topological polar surface area (TPSA) is 68.2 Å². The predicted octanol–water partition coefficient (Wildman–Crippen LogP) is 6.61. The number of methoxy groups -OCH3 is 1. The highest BCUT2D eigenvalue weighted by atomic mass is 32.2. The smallest absolute Gasteiger partial charge is 0.276 e. The van der Waals surface area contributed by atoms with Crippen molar-refractivity contribution in [2.75, 3.05) is 17.1 Å². The Bertz CT molecular complexity index is 1290. The van der Waals surface area contributed by atoms with Crippen LogP contribution in [0.4, 0.5) is 11.4 Å². The number of ether oxygens (including phenoxy) is 1. The summed E-state index contributed by atoms with van der Waals surface area (Å²) in [5.41, 5.74) is 5.44. The van der Waals surface area contributed by atoms with E-state index in [0.717, 1.165) is 27.2 Å². The van der Waals surface area contributed by atoms with Gasteiger partial charge in [-0.1, -0.05) is 36.4 Å². The van der Waals surface area contributed by atoms with E-state index in [1.54, 1.807) is 7.11 Å². The molecule has 0 spiro atoms. The molecular weight excluding hydrogens is 432 g/mol. The van der Waals surface area contributed by atoms with Crippen LogP contribution in [0.2, 0.25) is 0 Å². The Morgan fingerprint density at radius 3 is 2.45 bits per heavy atom. The lowest BCUT2D eigenvalue weighted by atomic mass is 10.1.